The van der Waals surface area contributed by atoms with Crippen LogP contribution in [0, 0.1) is 0 Å². The first-order chi connectivity index (χ1) is 13.6. The van der Waals surface area contributed by atoms with E-state index in [1.807, 2.05) is 38.1 Å². The molecule has 0 saturated carbocycles. The molecular weight excluding hydrogens is 352 g/mol. The predicted molar refractivity (Wildman–Crippen MR) is 112 cm³/mol. The highest BCUT2D eigenvalue weighted by atomic mass is 16.5. The number of amides is 1. The highest BCUT2D eigenvalue weighted by Gasteiger charge is 2.12. The number of para-hydroxylation sites is 2. The van der Waals surface area contributed by atoms with Gasteiger partial charge >= 0.3 is 0 Å². The summed E-state index contributed by atoms with van der Waals surface area (Å²) in [6, 6.07) is 7.38. The minimum atomic E-state index is -0.265. The molecule has 0 atom stereocenters. The third kappa shape index (κ3) is 5.81. The quantitative estimate of drug-likeness (QED) is 0.642. The average molecular weight is 380 g/mol. The summed E-state index contributed by atoms with van der Waals surface area (Å²) >= 11 is 0. The molecule has 0 unspecified atom stereocenters. The number of ether oxygens (including phenoxy) is 1. The van der Waals surface area contributed by atoms with E-state index in [0.29, 0.717) is 22.9 Å². The molecule has 0 spiro atoms. The van der Waals surface area contributed by atoms with Crippen molar-refractivity contribution < 1.29 is 9.53 Å². The Bertz CT molecular complexity index is 816. The smallest absolute Gasteiger partial charge is 0.258 e. The molecule has 2 N–H and O–H groups in total. The van der Waals surface area contributed by atoms with Crippen LogP contribution in [0.2, 0.25) is 0 Å². The summed E-state index contributed by atoms with van der Waals surface area (Å²) in [6.07, 6.45) is 11.4. The third-order valence-electron chi connectivity index (χ3n) is 4.53. The molecule has 1 heterocycles. The van der Waals surface area contributed by atoms with Gasteiger partial charge in [-0.3, -0.25) is 4.79 Å². The average Bonchev–Trinajstić information content (AvgIpc) is 2.70. The summed E-state index contributed by atoms with van der Waals surface area (Å²) in [5.41, 5.74) is 2.54. The summed E-state index contributed by atoms with van der Waals surface area (Å²) in [6.45, 7) is 4.70. The van der Waals surface area contributed by atoms with Crippen molar-refractivity contribution in [3.05, 3.63) is 53.9 Å². The SMILES string of the molecule is CC(C)Oc1ccccc1NC(=O)c1cnc(NCCC2=CCCCC2)nc1. The van der Waals surface area contributed by atoms with Gasteiger partial charge in [0.2, 0.25) is 5.95 Å². The molecule has 0 aliphatic heterocycles. The lowest BCUT2D eigenvalue weighted by Crippen LogP contribution is -2.15. The molecule has 0 saturated heterocycles. The summed E-state index contributed by atoms with van der Waals surface area (Å²) in [5, 5.41) is 6.09. The molecule has 1 aromatic heterocycles. The van der Waals surface area contributed by atoms with E-state index in [1.54, 1.807) is 0 Å². The van der Waals surface area contributed by atoms with Gasteiger partial charge in [-0.1, -0.05) is 23.8 Å². The lowest BCUT2D eigenvalue weighted by Gasteiger charge is -2.15. The van der Waals surface area contributed by atoms with Crippen molar-refractivity contribution in [3.63, 3.8) is 0 Å². The Labute approximate surface area is 166 Å². The molecule has 1 aliphatic rings. The van der Waals surface area contributed by atoms with Crippen molar-refractivity contribution in [2.24, 2.45) is 0 Å². The van der Waals surface area contributed by atoms with Crippen LogP contribution in [0.3, 0.4) is 0 Å². The lowest BCUT2D eigenvalue weighted by molar-refractivity contribution is 0.102. The summed E-state index contributed by atoms with van der Waals surface area (Å²) in [4.78, 5) is 21.0. The zero-order valence-corrected chi connectivity index (χ0v) is 16.6. The van der Waals surface area contributed by atoms with Crippen LogP contribution in [0.15, 0.2) is 48.3 Å². The first kappa shape index (κ1) is 19.9. The Morgan fingerprint density at radius 3 is 2.68 bits per heavy atom. The fraction of sp³-hybridized carbons (Fsp3) is 0.409. The second-order valence-electron chi connectivity index (χ2n) is 7.20. The standard InChI is InChI=1S/C22H28N4O2/c1-16(2)28-20-11-7-6-10-19(20)26-21(27)18-14-24-22(25-15-18)23-13-12-17-8-4-3-5-9-17/h6-8,10-11,14-16H,3-5,9,12-13H2,1-2H3,(H,26,27)(H,23,24,25). The maximum atomic E-state index is 12.5. The molecule has 1 amide bonds. The van der Waals surface area contributed by atoms with Crippen molar-refractivity contribution in [1.29, 1.82) is 0 Å². The minimum absolute atomic E-state index is 0.0242. The summed E-state index contributed by atoms with van der Waals surface area (Å²) in [5.74, 6) is 0.914. The van der Waals surface area contributed by atoms with E-state index in [4.69, 9.17) is 4.74 Å². The van der Waals surface area contributed by atoms with Crippen molar-refractivity contribution in [2.75, 3.05) is 17.2 Å². The zero-order chi connectivity index (χ0) is 19.8. The summed E-state index contributed by atoms with van der Waals surface area (Å²) in [7, 11) is 0. The number of nitrogens with one attached hydrogen (secondary N) is 2. The number of carbonyl (C=O) groups is 1. The number of anilines is 2. The van der Waals surface area contributed by atoms with Gasteiger partial charge in [-0.05, 0) is 58.1 Å². The number of hydrogen-bond donors (Lipinski definition) is 2. The Hall–Kier alpha value is -2.89. The number of aromatic nitrogens is 2. The van der Waals surface area contributed by atoms with Crippen LogP contribution in [0.4, 0.5) is 11.6 Å². The van der Waals surface area contributed by atoms with Gasteiger partial charge in [0.15, 0.2) is 0 Å². The second kappa shape index (κ2) is 9.88. The van der Waals surface area contributed by atoms with E-state index in [1.165, 1.54) is 43.7 Å². The van der Waals surface area contributed by atoms with Gasteiger partial charge in [0, 0.05) is 18.9 Å². The Balaban J connectivity index is 1.54. The van der Waals surface area contributed by atoms with Crippen LogP contribution in [0.25, 0.3) is 0 Å². The van der Waals surface area contributed by atoms with Gasteiger partial charge in [0.25, 0.3) is 5.91 Å². The first-order valence-electron chi connectivity index (χ1n) is 9.92. The van der Waals surface area contributed by atoms with Crippen LogP contribution in [0.5, 0.6) is 5.75 Å². The highest BCUT2D eigenvalue weighted by Crippen LogP contribution is 2.25. The Morgan fingerprint density at radius 2 is 1.96 bits per heavy atom. The molecule has 3 rings (SSSR count). The number of nitrogens with zero attached hydrogens (tertiary/aromatic N) is 2. The molecule has 2 aromatic rings. The fourth-order valence-electron chi connectivity index (χ4n) is 3.12. The molecule has 28 heavy (non-hydrogen) atoms. The van der Waals surface area contributed by atoms with Crippen molar-refractivity contribution in [1.82, 2.24) is 9.97 Å². The molecule has 0 radical (unpaired) electrons. The molecule has 6 nitrogen and oxygen atoms in total. The Kier molecular flexibility index (Phi) is 7.00. The van der Waals surface area contributed by atoms with E-state index in [2.05, 4.69) is 26.7 Å². The van der Waals surface area contributed by atoms with Gasteiger partial charge in [0.05, 0.1) is 17.4 Å². The monoisotopic (exact) mass is 380 g/mol. The predicted octanol–water partition coefficient (Wildman–Crippen LogP) is 4.82. The first-order valence-corrected chi connectivity index (χ1v) is 9.92. The van der Waals surface area contributed by atoms with Gasteiger partial charge in [-0.15, -0.1) is 0 Å². The van der Waals surface area contributed by atoms with Crippen molar-refractivity contribution >= 4 is 17.5 Å². The molecular formula is C22H28N4O2. The molecule has 148 valence electrons. The summed E-state index contributed by atoms with van der Waals surface area (Å²) < 4.78 is 5.73. The number of rotatable bonds is 8. The van der Waals surface area contributed by atoms with Crippen LogP contribution < -0.4 is 15.4 Å². The maximum Gasteiger partial charge on any atom is 0.258 e. The second-order valence-corrected chi connectivity index (χ2v) is 7.20. The zero-order valence-electron chi connectivity index (χ0n) is 16.6. The molecule has 1 aromatic carbocycles. The third-order valence-corrected chi connectivity index (χ3v) is 4.53. The topological polar surface area (TPSA) is 76.1 Å². The van der Waals surface area contributed by atoms with Crippen LogP contribution in [-0.4, -0.2) is 28.5 Å². The minimum Gasteiger partial charge on any atom is -0.489 e. The molecule has 0 bridgehead atoms. The van der Waals surface area contributed by atoms with Gasteiger partial charge in [0.1, 0.15) is 5.75 Å². The van der Waals surface area contributed by atoms with E-state index >= 15 is 0 Å². The van der Waals surface area contributed by atoms with E-state index in [-0.39, 0.29) is 12.0 Å². The van der Waals surface area contributed by atoms with Crippen molar-refractivity contribution in [2.45, 2.75) is 52.1 Å². The number of allylic oxidation sites excluding steroid dienone is 1. The van der Waals surface area contributed by atoms with Crippen molar-refractivity contribution in [3.8, 4) is 5.75 Å². The maximum absolute atomic E-state index is 12.5. The lowest BCUT2D eigenvalue weighted by atomic mass is 9.97. The van der Waals surface area contributed by atoms with E-state index in [0.717, 1.165) is 13.0 Å². The number of hydrogen-bond acceptors (Lipinski definition) is 5. The van der Waals surface area contributed by atoms with Crippen LogP contribution >= 0.6 is 0 Å². The molecule has 0 fully saturated rings. The van der Waals surface area contributed by atoms with E-state index in [9.17, 15) is 4.79 Å². The van der Waals surface area contributed by atoms with Gasteiger partial charge < -0.3 is 15.4 Å². The van der Waals surface area contributed by atoms with Crippen LogP contribution in [0.1, 0.15) is 56.3 Å². The van der Waals surface area contributed by atoms with Gasteiger partial charge in [-0.2, -0.15) is 0 Å². The van der Waals surface area contributed by atoms with E-state index < -0.39 is 0 Å². The largest absolute Gasteiger partial charge is 0.489 e. The molecule has 6 heteroatoms. The molecule has 1 aliphatic carbocycles. The normalized spacial score (nSPS) is 13.8. The Morgan fingerprint density at radius 1 is 1.18 bits per heavy atom. The van der Waals surface area contributed by atoms with Crippen LogP contribution in [-0.2, 0) is 0 Å². The highest BCUT2D eigenvalue weighted by molar-refractivity contribution is 6.04. The number of carbonyl (C=O) groups excluding carboxylic acids is 1. The fourth-order valence-corrected chi connectivity index (χ4v) is 3.12. The number of benzene rings is 1. The van der Waals surface area contributed by atoms with Gasteiger partial charge in [-0.25, -0.2) is 9.97 Å².